The summed E-state index contributed by atoms with van der Waals surface area (Å²) in [6.07, 6.45) is 7.52. The fourth-order valence-electron chi connectivity index (χ4n) is 5.45. The Balaban J connectivity index is 1.13. The van der Waals surface area contributed by atoms with Crippen LogP contribution in [0.1, 0.15) is 46.2 Å². The van der Waals surface area contributed by atoms with Gasteiger partial charge in [-0.15, -0.1) is 0 Å². The largest absolute Gasteiger partial charge is 0.379 e. The van der Waals surface area contributed by atoms with Gasteiger partial charge >= 0.3 is 10.1 Å². The molecule has 0 unspecified atom stereocenters. The van der Waals surface area contributed by atoms with E-state index in [0.29, 0.717) is 11.8 Å². The third-order valence-corrected chi connectivity index (χ3v) is 8.79. The SMILES string of the molecule is Cc1ccc(S(=O)(=O)Oc2ccc(C=Nc3ccc([C@@H]4Nc5ccc(C)cc5[C@@H]5C=CC[C@H]54)cc3)cc2)cc1. The molecule has 5 nitrogen and oxygen atoms in total. The molecule has 0 saturated carbocycles. The maximum Gasteiger partial charge on any atom is 0.339 e. The van der Waals surface area contributed by atoms with Crippen molar-refractivity contribution in [1.82, 2.24) is 0 Å². The molecule has 4 aromatic rings. The Labute approximate surface area is 230 Å². The first-order valence-electron chi connectivity index (χ1n) is 13.1. The van der Waals surface area contributed by atoms with Crippen molar-refractivity contribution in [3.05, 3.63) is 131 Å². The van der Waals surface area contributed by atoms with Gasteiger partial charge in [0, 0.05) is 17.8 Å². The molecule has 0 radical (unpaired) electrons. The predicted molar refractivity (Wildman–Crippen MR) is 157 cm³/mol. The van der Waals surface area contributed by atoms with E-state index in [9.17, 15) is 8.42 Å². The highest BCUT2D eigenvalue weighted by atomic mass is 32.2. The van der Waals surface area contributed by atoms with Crippen molar-refractivity contribution < 1.29 is 12.6 Å². The zero-order valence-electron chi connectivity index (χ0n) is 21.9. The average molecular weight is 535 g/mol. The third-order valence-electron chi connectivity index (χ3n) is 7.53. The number of allylic oxidation sites excluding steroid dienone is 2. The topological polar surface area (TPSA) is 67.8 Å². The van der Waals surface area contributed by atoms with Crippen LogP contribution in [0.15, 0.2) is 113 Å². The maximum atomic E-state index is 12.5. The molecule has 3 atom stereocenters. The highest BCUT2D eigenvalue weighted by molar-refractivity contribution is 7.87. The predicted octanol–water partition coefficient (Wildman–Crippen LogP) is 7.65. The van der Waals surface area contributed by atoms with Crippen LogP contribution < -0.4 is 9.50 Å². The second-order valence-electron chi connectivity index (χ2n) is 10.3. The summed E-state index contributed by atoms with van der Waals surface area (Å²) in [4.78, 5) is 4.75. The number of hydrogen-bond acceptors (Lipinski definition) is 5. The van der Waals surface area contributed by atoms with Gasteiger partial charge in [0.25, 0.3) is 0 Å². The van der Waals surface area contributed by atoms with Crippen LogP contribution in [0.2, 0.25) is 0 Å². The van der Waals surface area contributed by atoms with Crippen LogP contribution in [-0.2, 0) is 10.1 Å². The first kappa shape index (κ1) is 25.1. The highest BCUT2D eigenvalue weighted by Crippen LogP contribution is 2.50. The summed E-state index contributed by atoms with van der Waals surface area (Å²) >= 11 is 0. The molecule has 1 heterocycles. The molecule has 196 valence electrons. The lowest BCUT2D eigenvalue weighted by molar-refractivity contribution is 0.425. The molecule has 6 heteroatoms. The van der Waals surface area contributed by atoms with Gasteiger partial charge in [-0.25, -0.2) is 0 Å². The van der Waals surface area contributed by atoms with Gasteiger partial charge in [0.05, 0.1) is 11.7 Å². The minimum absolute atomic E-state index is 0.129. The zero-order valence-corrected chi connectivity index (χ0v) is 22.7. The van der Waals surface area contributed by atoms with Crippen LogP contribution in [-0.4, -0.2) is 14.6 Å². The molecule has 2 aliphatic rings. The third kappa shape index (κ3) is 5.25. The van der Waals surface area contributed by atoms with E-state index < -0.39 is 10.1 Å². The van der Waals surface area contributed by atoms with Gasteiger partial charge in [-0.1, -0.05) is 59.7 Å². The summed E-state index contributed by atoms with van der Waals surface area (Å²) in [7, 11) is -3.88. The summed E-state index contributed by atoms with van der Waals surface area (Å²) < 4.78 is 30.3. The molecule has 0 fully saturated rings. The molecule has 39 heavy (non-hydrogen) atoms. The van der Waals surface area contributed by atoms with E-state index >= 15 is 0 Å². The molecular formula is C33H30N2O3S. The summed E-state index contributed by atoms with van der Waals surface area (Å²) in [6.45, 7) is 4.06. The molecule has 0 spiro atoms. The van der Waals surface area contributed by atoms with E-state index in [4.69, 9.17) is 4.18 Å². The Morgan fingerprint density at radius 3 is 2.33 bits per heavy atom. The van der Waals surface area contributed by atoms with E-state index in [0.717, 1.165) is 23.2 Å². The van der Waals surface area contributed by atoms with Crippen molar-refractivity contribution in [2.75, 3.05) is 5.32 Å². The normalized spacial score (nSPS) is 19.9. The van der Waals surface area contributed by atoms with Crippen LogP contribution in [0, 0.1) is 19.8 Å². The van der Waals surface area contributed by atoms with Crippen molar-refractivity contribution in [1.29, 1.82) is 0 Å². The summed E-state index contributed by atoms with van der Waals surface area (Å²) in [5.74, 6) is 1.21. The van der Waals surface area contributed by atoms with E-state index in [1.165, 1.54) is 22.4 Å². The lowest BCUT2D eigenvalue weighted by Crippen LogP contribution is -2.29. The molecule has 0 bridgehead atoms. The van der Waals surface area contributed by atoms with Gasteiger partial charge in [-0.3, -0.25) is 4.99 Å². The second kappa shape index (κ2) is 10.2. The number of fused-ring (bicyclic) bond motifs is 3. The number of hydrogen-bond donors (Lipinski definition) is 1. The Kier molecular flexibility index (Phi) is 6.57. The molecule has 0 aromatic heterocycles. The van der Waals surface area contributed by atoms with Gasteiger partial charge in [0.2, 0.25) is 0 Å². The van der Waals surface area contributed by atoms with Crippen molar-refractivity contribution in [3.63, 3.8) is 0 Å². The van der Waals surface area contributed by atoms with Crippen LogP contribution in [0.4, 0.5) is 11.4 Å². The van der Waals surface area contributed by atoms with E-state index in [-0.39, 0.29) is 16.7 Å². The fraction of sp³-hybridized carbons (Fsp3) is 0.182. The minimum Gasteiger partial charge on any atom is -0.379 e. The quantitative estimate of drug-likeness (QED) is 0.157. The average Bonchev–Trinajstić information content (AvgIpc) is 3.43. The second-order valence-corrected chi connectivity index (χ2v) is 11.9. The fourth-order valence-corrected chi connectivity index (χ4v) is 6.38. The number of anilines is 1. The van der Waals surface area contributed by atoms with Crippen LogP contribution in [0.5, 0.6) is 5.75 Å². The summed E-state index contributed by atoms with van der Waals surface area (Å²) in [6, 6.07) is 28.8. The van der Waals surface area contributed by atoms with E-state index in [1.54, 1.807) is 54.7 Å². The van der Waals surface area contributed by atoms with Gasteiger partial charge in [-0.2, -0.15) is 8.42 Å². The number of nitrogens with zero attached hydrogens (tertiary/aromatic N) is 1. The number of rotatable bonds is 6. The molecule has 1 aliphatic heterocycles. The van der Waals surface area contributed by atoms with Crippen LogP contribution >= 0.6 is 0 Å². The number of aryl methyl sites for hydroxylation is 2. The lowest BCUT2D eigenvalue weighted by Gasteiger charge is -2.37. The van der Waals surface area contributed by atoms with Gasteiger partial charge in [0.1, 0.15) is 10.6 Å². The van der Waals surface area contributed by atoms with E-state index in [2.05, 4.69) is 59.7 Å². The van der Waals surface area contributed by atoms with Crippen molar-refractivity contribution in [3.8, 4) is 5.75 Å². The first-order chi connectivity index (χ1) is 18.9. The van der Waals surface area contributed by atoms with Crippen LogP contribution in [0.25, 0.3) is 0 Å². The van der Waals surface area contributed by atoms with Crippen LogP contribution in [0.3, 0.4) is 0 Å². The Bertz CT molecular complexity index is 1660. The number of aliphatic imine (C=N–C) groups is 1. The summed E-state index contributed by atoms with van der Waals surface area (Å²) in [5, 5.41) is 3.79. The van der Waals surface area contributed by atoms with Gasteiger partial charge in [0.15, 0.2) is 0 Å². The Morgan fingerprint density at radius 1 is 0.872 bits per heavy atom. The lowest BCUT2D eigenvalue weighted by atomic mass is 9.76. The number of benzene rings is 4. The van der Waals surface area contributed by atoms with Crippen molar-refractivity contribution in [2.45, 2.75) is 37.1 Å². The van der Waals surface area contributed by atoms with Crippen molar-refractivity contribution >= 4 is 27.7 Å². The molecular weight excluding hydrogens is 504 g/mol. The van der Waals surface area contributed by atoms with E-state index in [1.807, 2.05) is 19.1 Å². The van der Waals surface area contributed by atoms with Gasteiger partial charge in [-0.05, 0) is 97.5 Å². The zero-order chi connectivity index (χ0) is 27.0. The monoisotopic (exact) mass is 534 g/mol. The van der Waals surface area contributed by atoms with Gasteiger partial charge < -0.3 is 9.50 Å². The molecule has 0 amide bonds. The Morgan fingerprint density at radius 2 is 1.59 bits per heavy atom. The standard InChI is InChI=1S/C33H30N2O3S/c1-22-6-17-28(18-7-22)39(36,37)38-27-15-9-24(10-16-27)21-34-26-13-11-25(12-14-26)33-30-5-3-4-29(30)31-20-23(2)8-19-32(31)35-33/h3-4,6-21,29-30,33,35H,5H2,1-2H3/t29-,30-,33+/m1/s1. The smallest absolute Gasteiger partial charge is 0.339 e. The Hall–Kier alpha value is -4.16. The van der Waals surface area contributed by atoms with Crippen molar-refractivity contribution in [2.24, 2.45) is 10.9 Å². The number of nitrogens with one attached hydrogen (secondary N) is 1. The highest BCUT2D eigenvalue weighted by Gasteiger charge is 2.37. The summed E-state index contributed by atoms with van der Waals surface area (Å²) in [5.41, 5.74) is 7.86. The molecule has 1 aliphatic carbocycles. The molecule has 6 rings (SSSR count). The first-order valence-corrected chi connectivity index (χ1v) is 14.6. The minimum atomic E-state index is -3.88. The molecule has 0 saturated heterocycles. The molecule has 4 aromatic carbocycles. The maximum absolute atomic E-state index is 12.5. The molecule has 1 N–H and O–H groups in total.